The summed E-state index contributed by atoms with van der Waals surface area (Å²) in [5.41, 5.74) is 5.06. The number of benzene rings is 4. The van der Waals surface area contributed by atoms with Crippen molar-refractivity contribution in [3.8, 4) is 0 Å². The Kier molecular flexibility index (Phi) is 6.64. The van der Waals surface area contributed by atoms with Crippen molar-refractivity contribution in [3.05, 3.63) is 119 Å². The molecule has 2 bridgehead atoms. The van der Waals surface area contributed by atoms with Gasteiger partial charge in [0, 0.05) is 18.0 Å². The lowest BCUT2D eigenvalue weighted by Gasteiger charge is -2.38. The Labute approximate surface area is 208 Å². The Morgan fingerprint density at radius 1 is 0.657 bits per heavy atom. The minimum Gasteiger partial charge on any atom is -0.372 e. The Morgan fingerprint density at radius 2 is 1.37 bits per heavy atom. The molecular weight excluding hydrogens is 430 g/mol. The molecule has 4 aromatic rings. The molecule has 0 aromatic heterocycles. The van der Waals surface area contributed by atoms with Crippen molar-refractivity contribution in [2.75, 3.05) is 0 Å². The molecule has 0 amide bonds. The summed E-state index contributed by atoms with van der Waals surface area (Å²) in [5.74, 6) is 0.425. The van der Waals surface area contributed by atoms with E-state index in [1.54, 1.807) is 0 Å². The molecule has 2 aliphatic heterocycles. The zero-order valence-electron chi connectivity index (χ0n) is 20.1. The van der Waals surface area contributed by atoms with E-state index in [9.17, 15) is 0 Å². The first kappa shape index (κ1) is 22.5. The highest BCUT2D eigenvalue weighted by atomic mass is 16.5. The van der Waals surface area contributed by atoms with Gasteiger partial charge in [-0.25, -0.2) is 0 Å². The van der Waals surface area contributed by atoms with Gasteiger partial charge in [-0.3, -0.25) is 0 Å². The highest BCUT2D eigenvalue weighted by Crippen LogP contribution is 2.39. The summed E-state index contributed by atoms with van der Waals surface area (Å²) in [7, 11) is 0. The van der Waals surface area contributed by atoms with Crippen LogP contribution >= 0.6 is 0 Å². The number of ether oxygens (including phenoxy) is 2. The molecule has 0 aliphatic carbocycles. The third-order valence-corrected chi connectivity index (χ3v) is 7.65. The molecule has 2 heterocycles. The highest BCUT2D eigenvalue weighted by Gasteiger charge is 2.42. The summed E-state index contributed by atoms with van der Waals surface area (Å²) in [4.78, 5) is 0. The zero-order chi connectivity index (χ0) is 23.5. The fraction of sp³-hybridized carbons (Fsp3) is 0.312. The van der Waals surface area contributed by atoms with Gasteiger partial charge in [0.1, 0.15) is 0 Å². The summed E-state index contributed by atoms with van der Waals surface area (Å²) in [6.07, 6.45) is 3.79. The first-order valence-electron chi connectivity index (χ1n) is 12.9. The first-order chi connectivity index (χ1) is 17.3. The van der Waals surface area contributed by atoms with Crippen molar-refractivity contribution in [2.24, 2.45) is 0 Å². The van der Waals surface area contributed by atoms with Crippen molar-refractivity contribution in [2.45, 2.75) is 63.2 Å². The Hall–Kier alpha value is -2.98. The van der Waals surface area contributed by atoms with Crippen LogP contribution in [-0.4, -0.2) is 18.2 Å². The van der Waals surface area contributed by atoms with E-state index >= 15 is 0 Å². The third kappa shape index (κ3) is 5.18. The fourth-order valence-electron chi connectivity index (χ4n) is 5.82. The molecule has 0 saturated carbocycles. The minimum atomic E-state index is 0.195. The van der Waals surface area contributed by atoms with Gasteiger partial charge in [-0.1, -0.05) is 91.0 Å². The number of hydrogen-bond donors (Lipinski definition) is 1. The minimum absolute atomic E-state index is 0.195. The lowest BCUT2D eigenvalue weighted by molar-refractivity contribution is -0.0133. The summed E-state index contributed by atoms with van der Waals surface area (Å²) < 4.78 is 12.6. The largest absolute Gasteiger partial charge is 0.372 e. The smallest absolute Gasteiger partial charge is 0.0801 e. The van der Waals surface area contributed by atoms with E-state index < -0.39 is 0 Å². The maximum atomic E-state index is 6.67. The van der Waals surface area contributed by atoms with Crippen molar-refractivity contribution in [1.82, 2.24) is 5.32 Å². The van der Waals surface area contributed by atoms with Crippen LogP contribution in [0.4, 0.5) is 0 Å². The van der Waals surface area contributed by atoms with Crippen molar-refractivity contribution in [1.29, 1.82) is 0 Å². The molecule has 0 radical (unpaired) electrons. The van der Waals surface area contributed by atoms with E-state index in [0.29, 0.717) is 37.8 Å². The van der Waals surface area contributed by atoms with E-state index in [2.05, 4.69) is 96.3 Å². The van der Waals surface area contributed by atoms with E-state index in [4.69, 9.17) is 9.47 Å². The standard InChI is InChI=1S/C32H33NO2/c1-2-6-23(7-3-1)20-34-21-24-10-14-27(15-11-24)30-19-29-16-17-31(33-29)32(30)35-22-25-12-13-26-8-4-5-9-28(26)18-25/h1-15,18,29-33H,16-17,19-22H2. The lowest BCUT2D eigenvalue weighted by atomic mass is 9.83. The number of rotatable bonds is 8. The van der Waals surface area contributed by atoms with Gasteiger partial charge in [-0.15, -0.1) is 0 Å². The topological polar surface area (TPSA) is 30.5 Å². The Balaban J connectivity index is 1.12. The van der Waals surface area contributed by atoms with Crippen LogP contribution in [0.3, 0.4) is 0 Å². The van der Waals surface area contributed by atoms with Crippen LogP contribution < -0.4 is 5.32 Å². The summed E-state index contributed by atoms with van der Waals surface area (Å²) in [6, 6.07) is 35.6. The zero-order valence-corrected chi connectivity index (χ0v) is 20.1. The molecule has 6 rings (SSSR count). The van der Waals surface area contributed by atoms with Gasteiger partial charge >= 0.3 is 0 Å². The van der Waals surface area contributed by atoms with Crippen molar-refractivity contribution in [3.63, 3.8) is 0 Å². The number of fused-ring (bicyclic) bond motifs is 3. The molecule has 35 heavy (non-hydrogen) atoms. The second-order valence-electron chi connectivity index (χ2n) is 10.1. The highest BCUT2D eigenvalue weighted by molar-refractivity contribution is 5.82. The number of nitrogens with one attached hydrogen (secondary N) is 1. The second kappa shape index (κ2) is 10.3. The molecular formula is C32H33NO2. The van der Waals surface area contributed by atoms with Crippen LogP contribution in [0.5, 0.6) is 0 Å². The molecule has 4 atom stereocenters. The maximum Gasteiger partial charge on any atom is 0.0801 e. The Morgan fingerprint density at radius 3 is 2.20 bits per heavy atom. The molecule has 2 fully saturated rings. The monoisotopic (exact) mass is 463 g/mol. The van der Waals surface area contributed by atoms with Crippen molar-refractivity contribution >= 4 is 10.8 Å². The van der Waals surface area contributed by atoms with E-state index in [0.717, 1.165) is 6.42 Å². The molecule has 0 spiro atoms. The average Bonchev–Trinajstić information content (AvgIpc) is 3.30. The van der Waals surface area contributed by atoms with Crippen molar-refractivity contribution < 1.29 is 9.47 Å². The van der Waals surface area contributed by atoms with Gasteiger partial charge in [0.05, 0.1) is 25.9 Å². The lowest BCUT2D eigenvalue weighted by Crippen LogP contribution is -2.49. The first-order valence-corrected chi connectivity index (χ1v) is 12.9. The molecule has 1 N–H and O–H groups in total. The Bertz CT molecular complexity index is 1250. The molecule has 2 aliphatic rings. The van der Waals surface area contributed by atoms with Gasteiger partial charge in [0.15, 0.2) is 0 Å². The predicted octanol–water partition coefficient (Wildman–Crippen LogP) is 6.75. The second-order valence-corrected chi connectivity index (χ2v) is 10.1. The van der Waals surface area contributed by atoms with Crippen LogP contribution in [-0.2, 0) is 29.3 Å². The van der Waals surface area contributed by atoms with Crippen LogP contribution in [0.2, 0.25) is 0 Å². The van der Waals surface area contributed by atoms with Gasteiger partial charge in [0.2, 0.25) is 0 Å². The van der Waals surface area contributed by atoms with E-state index in [1.807, 2.05) is 6.07 Å². The van der Waals surface area contributed by atoms with Crippen LogP contribution in [0, 0.1) is 0 Å². The van der Waals surface area contributed by atoms with Crippen LogP contribution in [0.25, 0.3) is 10.8 Å². The average molecular weight is 464 g/mol. The number of hydrogen-bond acceptors (Lipinski definition) is 3. The number of piperidine rings is 1. The van der Waals surface area contributed by atoms with E-state index in [1.165, 1.54) is 45.9 Å². The summed E-state index contributed by atoms with van der Waals surface area (Å²) in [5, 5.41) is 6.37. The molecule has 2 saturated heterocycles. The summed E-state index contributed by atoms with van der Waals surface area (Å²) >= 11 is 0. The summed E-state index contributed by atoms with van der Waals surface area (Å²) in [6.45, 7) is 1.93. The van der Waals surface area contributed by atoms with Crippen LogP contribution in [0.1, 0.15) is 47.4 Å². The van der Waals surface area contributed by atoms with Gasteiger partial charge in [0.25, 0.3) is 0 Å². The fourth-order valence-corrected chi connectivity index (χ4v) is 5.82. The molecule has 4 aromatic carbocycles. The molecule has 4 unspecified atom stereocenters. The molecule has 178 valence electrons. The van der Waals surface area contributed by atoms with Gasteiger partial charge < -0.3 is 14.8 Å². The van der Waals surface area contributed by atoms with E-state index in [-0.39, 0.29) is 6.10 Å². The van der Waals surface area contributed by atoms with Gasteiger partial charge in [-0.05, 0) is 58.4 Å². The third-order valence-electron chi connectivity index (χ3n) is 7.65. The quantitative estimate of drug-likeness (QED) is 0.313. The normalized spacial score (nSPS) is 23.5. The van der Waals surface area contributed by atoms with Crippen LogP contribution in [0.15, 0.2) is 97.1 Å². The predicted molar refractivity (Wildman–Crippen MR) is 141 cm³/mol. The SMILES string of the molecule is c1ccc(COCc2ccc(C3CC4CCC(N4)C3OCc3ccc4ccccc4c3)cc2)cc1. The van der Waals surface area contributed by atoms with Gasteiger partial charge in [-0.2, -0.15) is 0 Å². The maximum absolute atomic E-state index is 6.67. The molecule has 3 nitrogen and oxygen atoms in total. The molecule has 3 heteroatoms.